The van der Waals surface area contributed by atoms with Gasteiger partial charge in [-0.25, -0.2) is 4.98 Å². The molecule has 0 radical (unpaired) electrons. The summed E-state index contributed by atoms with van der Waals surface area (Å²) in [5.41, 5.74) is 0.658. The molecule has 0 atom stereocenters. The van der Waals surface area contributed by atoms with Gasteiger partial charge in [0.1, 0.15) is 17.8 Å². The predicted octanol–water partition coefficient (Wildman–Crippen LogP) is 2.10. The third-order valence-corrected chi connectivity index (χ3v) is 3.66. The van der Waals surface area contributed by atoms with Gasteiger partial charge < -0.3 is 4.90 Å². The number of aryl methyl sites for hydroxylation is 1. The first-order chi connectivity index (χ1) is 8.99. The van der Waals surface area contributed by atoms with Crippen LogP contribution in [0.3, 0.4) is 0 Å². The molecule has 1 aliphatic heterocycles. The molecule has 1 aromatic rings. The van der Waals surface area contributed by atoms with Crippen LogP contribution >= 0.6 is 0 Å². The fraction of sp³-hybridized carbons (Fsp3) is 0.538. The number of ketones is 1. The number of pyridine rings is 1. The standard InChI is InChI=1S/C13H17N3O3/c1-9-7-13(14-8-12(9)16(18)19)15-5-3-11(4-6-15)10(2)17/h7-8,11H,3-6H2,1-2H3. The summed E-state index contributed by atoms with van der Waals surface area (Å²) in [5.74, 6) is 1.15. The van der Waals surface area contributed by atoms with Gasteiger partial charge in [-0.05, 0) is 32.8 Å². The molecule has 1 saturated heterocycles. The van der Waals surface area contributed by atoms with Crippen molar-refractivity contribution >= 4 is 17.3 Å². The highest BCUT2D eigenvalue weighted by atomic mass is 16.6. The molecular weight excluding hydrogens is 246 g/mol. The Hall–Kier alpha value is -1.98. The van der Waals surface area contributed by atoms with Gasteiger partial charge in [0.05, 0.1) is 4.92 Å². The fourth-order valence-electron chi connectivity index (χ4n) is 2.41. The van der Waals surface area contributed by atoms with Crippen LogP contribution in [-0.2, 0) is 4.79 Å². The highest BCUT2D eigenvalue weighted by Crippen LogP contribution is 2.25. The Morgan fingerprint density at radius 1 is 1.47 bits per heavy atom. The fourth-order valence-corrected chi connectivity index (χ4v) is 2.41. The lowest BCUT2D eigenvalue weighted by Crippen LogP contribution is -2.36. The molecule has 1 aromatic heterocycles. The SMILES string of the molecule is CC(=O)C1CCN(c2cc(C)c([N+](=O)[O-])cn2)CC1. The number of rotatable bonds is 3. The predicted molar refractivity (Wildman–Crippen MR) is 71.2 cm³/mol. The molecule has 0 aromatic carbocycles. The molecule has 0 unspecified atom stereocenters. The first kappa shape index (κ1) is 13.5. The van der Waals surface area contributed by atoms with Gasteiger partial charge in [0.25, 0.3) is 5.69 Å². The number of anilines is 1. The second kappa shape index (κ2) is 5.34. The Kier molecular flexibility index (Phi) is 3.78. The molecule has 0 N–H and O–H groups in total. The van der Waals surface area contributed by atoms with Crippen LogP contribution in [0.2, 0.25) is 0 Å². The molecular formula is C13H17N3O3. The molecule has 102 valence electrons. The molecule has 0 saturated carbocycles. The van der Waals surface area contributed by atoms with Crippen molar-refractivity contribution in [2.24, 2.45) is 5.92 Å². The topological polar surface area (TPSA) is 76.3 Å². The van der Waals surface area contributed by atoms with Gasteiger partial charge in [-0.1, -0.05) is 0 Å². The van der Waals surface area contributed by atoms with E-state index in [9.17, 15) is 14.9 Å². The summed E-state index contributed by atoms with van der Waals surface area (Å²) in [6.07, 6.45) is 2.96. The van der Waals surface area contributed by atoms with Gasteiger partial charge in [0.15, 0.2) is 0 Å². The maximum atomic E-state index is 11.3. The molecule has 2 rings (SSSR count). The molecule has 0 bridgehead atoms. The molecule has 19 heavy (non-hydrogen) atoms. The van der Waals surface area contributed by atoms with E-state index in [4.69, 9.17) is 0 Å². The minimum Gasteiger partial charge on any atom is -0.357 e. The molecule has 6 nitrogen and oxygen atoms in total. The number of hydrogen-bond acceptors (Lipinski definition) is 5. The van der Waals surface area contributed by atoms with E-state index in [1.54, 1.807) is 19.9 Å². The highest BCUT2D eigenvalue weighted by Gasteiger charge is 2.24. The van der Waals surface area contributed by atoms with E-state index in [0.29, 0.717) is 5.56 Å². The Balaban J connectivity index is 2.10. The van der Waals surface area contributed by atoms with Crippen LogP contribution in [0, 0.1) is 23.0 Å². The van der Waals surface area contributed by atoms with E-state index in [1.807, 2.05) is 0 Å². The van der Waals surface area contributed by atoms with Crippen LogP contribution in [0.15, 0.2) is 12.3 Å². The summed E-state index contributed by atoms with van der Waals surface area (Å²) in [5, 5.41) is 10.7. The van der Waals surface area contributed by atoms with Crippen LogP contribution in [0.5, 0.6) is 0 Å². The Morgan fingerprint density at radius 2 is 2.11 bits per heavy atom. The van der Waals surface area contributed by atoms with Crippen molar-refractivity contribution in [1.82, 2.24) is 4.98 Å². The smallest absolute Gasteiger partial charge is 0.290 e. The molecule has 1 aliphatic rings. The first-order valence-corrected chi connectivity index (χ1v) is 6.35. The summed E-state index contributed by atoms with van der Waals surface area (Å²) in [6, 6.07) is 1.74. The molecule has 0 spiro atoms. The summed E-state index contributed by atoms with van der Waals surface area (Å²) in [6.45, 7) is 4.89. The molecule has 2 heterocycles. The summed E-state index contributed by atoms with van der Waals surface area (Å²) in [4.78, 5) is 27.9. The van der Waals surface area contributed by atoms with E-state index >= 15 is 0 Å². The second-order valence-corrected chi connectivity index (χ2v) is 4.96. The van der Waals surface area contributed by atoms with Gasteiger partial charge in [0, 0.05) is 24.6 Å². The molecule has 1 fully saturated rings. The van der Waals surface area contributed by atoms with Gasteiger partial charge in [-0.2, -0.15) is 0 Å². The molecule has 0 aliphatic carbocycles. The van der Waals surface area contributed by atoms with E-state index in [2.05, 4.69) is 9.88 Å². The van der Waals surface area contributed by atoms with Crippen molar-refractivity contribution in [3.05, 3.63) is 27.9 Å². The van der Waals surface area contributed by atoms with Crippen molar-refractivity contribution in [3.63, 3.8) is 0 Å². The van der Waals surface area contributed by atoms with Gasteiger partial charge in [-0.15, -0.1) is 0 Å². The minimum atomic E-state index is -0.423. The molecule has 6 heteroatoms. The Labute approximate surface area is 111 Å². The summed E-state index contributed by atoms with van der Waals surface area (Å²) < 4.78 is 0. The van der Waals surface area contributed by atoms with Crippen LogP contribution in [0.4, 0.5) is 11.5 Å². The van der Waals surface area contributed by atoms with Gasteiger partial charge in [0.2, 0.25) is 0 Å². The van der Waals surface area contributed by atoms with Crippen molar-refractivity contribution in [1.29, 1.82) is 0 Å². The Morgan fingerprint density at radius 3 is 2.58 bits per heavy atom. The number of piperidine rings is 1. The van der Waals surface area contributed by atoms with Gasteiger partial charge in [-0.3, -0.25) is 14.9 Å². The maximum absolute atomic E-state index is 11.3. The second-order valence-electron chi connectivity index (χ2n) is 4.96. The number of aromatic nitrogens is 1. The summed E-state index contributed by atoms with van der Waals surface area (Å²) >= 11 is 0. The quantitative estimate of drug-likeness (QED) is 0.616. The number of Topliss-reactive ketones (excluding diaryl/α,β-unsaturated/α-hetero) is 1. The lowest BCUT2D eigenvalue weighted by molar-refractivity contribution is -0.385. The zero-order chi connectivity index (χ0) is 14.0. The van der Waals surface area contributed by atoms with Crippen LogP contribution < -0.4 is 4.90 Å². The Bertz CT molecular complexity index is 508. The van der Waals surface area contributed by atoms with Crippen LogP contribution in [-0.4, -0.2) is 28.8 Å². The maximum Gasteiger partial charge on any atom is 0.290 e. The monoisotopic (exact) mass is 263 g/mol. The van der Waals surface area contributed by atoms with Crippen molar-refractivity contribution in [2.75, 3.05) is 18.0 Å². The minimum absolute atomic E-state index is 0.0439. The van der Waals surface area contributed by atoms with E-state index in [1.165, 1.54) is 6.20 Å². The summed E-state index contributed by atoms with van der Waals surface area (Å²) in [7, 11) is 0. The lowest BCUT2D eigenvalue weighted by atomic mass is 9.93. The van der Waals surface area contributed by atoms with Crippen molar-refractivity contribution < 1.29 is 9.72 Å². The number of nitrogens with zero attached hydrogens (tertiary/aromatic N) is 3. The van der Waals surface area contributed by atoms with Crippen molar-refractivity contribution in [3.8, 4) is 0 Å². The van der Waals surface area contributed by atoms with E-state index in [0.717, 1.165) is 31.7 Å². The van der Waals surface area contributed by atoms with Crippen LogP contribution in [0.25, 0.3) is 0 Å². The number of nitro groups is 1. The number of hydrogen-bond donors (Lipinski definition) is 0. The van der Waals surface area contributed by atoms with Crippen molar-refractivity contribution in [2.45, 2.75) is 26.7 Å². The number of carbonyl (C=O) groups is 1. The normalized spacial score (nSPS) is 16.4. The van der Waals surface area contributed by atoms with Crippen LogP contribution in [0.1, 0.15) is 25.3 Å². The number of carbonyl (C=O) groups excluding carboxylic acids is 1. The molecule has 0 amide bonds. The zero-order valence-corrected chi connectivity index (χ0v) is 11.1. The first-order valence-electron chi connectivity index (χ1n) is 6.35. The van der Waals surface area contributed by atoms with E-state index in [-0.39, 0.29) is 17.4 Å². The largest absolute Gasteiger partial charge is 0.357 e. The highest BCUT2D eigenvalue weighted by molar-refractivity contribution is 5.78. The van der Waals surface area contributed by atoms with E-state index < -0.39 is 4.92 Å². The average molecular weight is 263 g/mol. The van der Waals surface area contributed by atoms with Gasteiger partial charge >= 0.3 is 0 Å². The third kappa shape index (κ3) is 2.89. The third-order valence-electron chi connectivity index (χ3n) is 3.66. The zero-order valence-electron chi connectivity index (χ0n) is 11.1. The lowest BCUT2D eigenvalue weighted by Gasteiger charge is -2.31. The average Bonchev–Trinajstić information content (AvgIpc) is 2.38.